The number of H-pyrrole nitrogens is 1. The second kappa shape index (κ2) is 25.8. The molecule has 0 amide bonds. The summed E-state index contributed by atoms with van der Waals surface area (Å²) < 4.78 is 82.2. The predicted molar refractivity (Wildman–Crippen MR) is 255 cm³/mol. The second-order valence-electron chi connectivity index (χ2n) is 16.1. The molecule has 3 heterocycles. The van der Waals surface area contributed by atoms with E-state index in [4.69, 9.17) is 46.9 Å². The lowest BCUT2D eigenvalue weighted by molar-refractivity contribution is -0.0945. The first-order chi connectivity index (χ1) is 32.0. The molecular formula is C47H63FN3O12PS2. The van der Waals surface area contributed by atoms with Gasteiger partial charge in [0, 0.05) is 43.0 Å². The summed E-state index contributed by atoms with van der Waals surface area (Å²) in [6.45, 7) is 10.6. The topological polar surface area (TPSA) is 150 Å². The number of aromatic nitrogens is 2. The largest absolute Gasteiger partial charge is 0.497 e. The first-order valence-corrected chi connectivity index (χ1v) is 25.6. The zero-order chi connectivity index (χ0) is 47.1. The zero-order valence-corrected chi connectivity index (χ0v) is 41.1. The van der Waals surface area contributed by atoms with Crippen LogP contribution in [0.2, 0.25) is 0 Å². The second-order valence-corrected chi connectivity index (χ2v) is 20.0. The molecule has 7 atom stereocenters. The number of nitrogens with zero attached hydrogens (tertiary/aromatic N) is 2. The van der Waals surface area contributed by atoms with Crippen molar-refractivity contribution in [3.63, 3.8) is 0 Å². The van der Waals surface area contributed by atoms with Crippen LogP contribution in [0.3, 0.4) is 0 Å². The van der Waals surface area contributed by atoms with Gasteiger partial charge in [-0.05, 0) is 68.7 Å². The number of alkyl halides is 1. The molecule has 6 rings (SSSR count). The minimum Gasteiger partial charge on any atom is -0.497 e. The zero-order valence-electron chi connectivity index (χ0n) is 38.6. The molecule has 2 aliphatic heterocycles. The fourth-order valence-corrected chi connectivity index (χ4v) is 12.3. The molecule has 4 aromatic rings. The number of aromatic amines is 1. The molecule has 7 unspecified atom stereocenters. The molecule has 0 aliphatic carbocycles. The monoisotopic (exact) mass is 975 g/mol. The minimum absolute atomic E-state index is 0.0795. The fourth-order valence-electron chi connectivity index (χ4n) is 7.84. The highest BCUT2D eigenvalue weighted by Gasteiger charge is 2.52. The first-order valence-electron chi connectivity index (χ1n) is 22.0. The van der Waals surface area contributed by atoms with Crippen LogP contribution in [0.5, 0.6) is 11.5 Å². The number of halogens is 1. The number of benzene rings is 3. The van der Waals surface area contributed by atoms with E-state index in [1.807, 2.05) is 107 Å². The lowest BCUT2D eigenvalue weighted by atomic mass is 9.80. The van der Waals surface area contributed by atoms with E-state index in [-0.39, 0.29) is 24.8 Å². The maximum Gasteiger partial charge on any atom is 0.330 e. The van der Waals surface area contributed by atoms with Gasteiger partial charge in [-0.3, -0.25) is 14.3 Å². The number of rotatable bonds is 26. The highest BCUT2D eigenvalue weighted by Crippen LogP contribution is 2.53. The molecule has 0 radical (unpaired) electrons. The van der Waals surface area contributed by atoms with Crippen molar-refractivity contribution in [2.45, 2.75) is 82.2 Å². The Hall–Kier alpha value is -3.36. The van der Waals surface area contributed by atoms with Crippen LogP contribution in [0.4, 0.5) is 4.39 Å². The van der Waals surface area contributed by atoms with E-state index in [1.54, 1.807) is 42.9 Å². The van der Waals surface area contributed by atoms with E-state index >= 15 is 4.39 Å². The van der Waals surface area contributed by atoms with Crippen LogP contribution in [0.15, 0.2) is 101 Å². The molecule has 1 N–H and O–H groups in total. The van der Waals surface area contributed by atoms with Crippen molar-refractivity contribution >= 4 is 30.1 Å². The molecule has 3 aromatic carbocycles. The van der Waals surface area contributed by atoms with E-state index in [9.17, 15) is 9.59 Å². The van der Waals surface area contributed by atoms with Crippen LogP contribution in [0, 0.1) is 0 Å². The van der Waals surface area contributed by atoms with Gasteiger partial charge in [0.2, 0.25) is 0 Å². The Morgan fingerprint density at radius 1 is 0.758 bits per heavy atom. The molecule has 0 bridgehead atoms. The summed E-state index contributed by atoms with van der Waals surface area (Å²) in [6.07, 6.45) is -5.30. The Bertz CT molecular complexity index is 2100. The van der Waals surface area contributed by atoms with Gasteiger partial charge in [0.25, 0.3) is 14.1 Å². The van der Waals surface area contributed by atoms with Gasteiger partial charge in [-0.15, -0.1) is 0 Å². The van der Waals surface area contributed by atoms with E-state index in [0.717, 1.165) is 27.3 Å². The molecule has 0 saturated carbocycles. The van der Waals surface area contributed by atoms with Gasteiger partial charge < -0.3 is 46.9 Å². The number of hydrogen-bond donors (Lipinski definition) is 1. The molecule has 2 saturated heterocycles. The molecule has 0 spiro atoms. The average Bonchev–Trinajstić information content (AvgIpc) is 3.62. The molecule has 2 fully saturated rings. The van der Waals surface area contributed by atoms with Crippen molar-refractivity contribution in [1.82, 2.24) is 14.2 Å². The Morgan fingerprint density at radius 3 is 1.88 bits per heavy atom. The molecule has 66 heavy (non-hydrogen) atoms. The third kappa shape index (κ3) is 13.2. The standard InChI is InChI=1S/C47H63FN3O12PS2/c1-32(2)51(33(3)4)64(62-41-31-66-65-30-40(41)59-28-27-58-26-25-57-24-23-54-5)63-44-39(61-45(43(44)48)50-22-21-42(52)49-46(50)53)29-60-47(34-11-9-8-10-12-34,35-13-17-37(55-6)18-14-35)36-15-19-38(56-7)20-16-36/h8-22,32-33,39-41,43-45H,23-31H2,1-7H3,(H,49,52,53). The van der Waals surface area contributed by atoms with Crippen molar-refractivity contribution in [3.8, 4) is 11.5 Å². The van der Waals surface area contributed by atoms with Gasteiger partial charge in [-0.2, -0.15) is 0 Å². The van der Waals surface area contributed by atoms with Crippen LogP contribution < -0.4 is 20.7 Å². The first kappa shape index (κ1) is 52.0. The summed E-state index contributed by atoms with van der Waals surface area (Å²) in [5.74, 6) is 2.57. The SMILES string of the molecule is COCCOCCOCCOC1CSSCC1OP(OC1C(COC(c2ccccc2)(c2ccc(OC)cc2)c2ccc(OC)cc2)OC(n2ccc(=O)[nH]c2=O)C1F)N(C(C)C)C(C)C. The Balaban J connectivity index is 1.34. The van der Waals surface area contributed by atoms with Crippen molar-refractivity contribution in [3.05, 3.63) is 129 Å². The Morgan fingerprint density at radius 2 is 1.32 bits per heavy atom. The summed E-state index contributed by atoms with van der Waals surface area (Å²) in [6, 6.07) is 25.9. The van der Waals surface area contributed by atoms with E-state index < -0.39 is 56.1 Å². The molecule has 1 aromatic heterocycles. The number of hydrogen-bond acceptors (Lipinski definition) is 15. The molecule has 19 heteroatoms. The smallest absolute Gasteiger partial charge is 0.330 e. The van der Waals surface area contributed by atoms with Gasteiger partial charge in [-0.25, -0.2) is 13.9 Å². The lowest BCUT2D eigenvalue weighted by Gasteiger charge is -2.41. The van der Waals surface area contributed by atoms with Gasteiger partial charge in [0.15, 0.2) is 12.4 Å². The minimum atomic E-state index is -2.01. The van der Waals surface area contributed by atoms with Crippen LogP contribution in [0.25, 0.3) is 0 Å². The van der Waals surface area contributed by atoms with Crippen LogP contribution >= 0.6 is 30.1 Å². The average molecular weight is 976 g/mol. The highest BCUT2D eigenvalue weighted by atomic mass is 33.1. The normalized spacial score (nSPS) is 21.7. The van der Waals surface area contributed by atoms with Crippen LogP contribution in [0.1, 0.15) is 50.6 Å². The molecular weight excluding hydrogens is 913 g/mol. The summed E-state index contributed by atoms with van der Waals surface area (Å²) >= 11 is 0. The molecule has 2 aliphatic rings. The highest BCUT2D eigenvalue weighted by molar-refractivity contribution is 8.76. The van der Waals surface area contributed by atoms with Crippen LogP contribution in [-0.2, 0) is 43.1 Å². The van der Waals surface area contributed by atoms with Gasteiger partial charge >= 0.3 is 5.69 Å². The summed E-state index contributed by atoms with van der Waals surface area (Å²) in [7, 11) is 6.20. The van der Waals surface area contributed by atoms with Crippen molar-refractivity contribution in [2.75, 3.05) is 79.1 Å². The van der Waals surface area contributed by atoms with Gasteiger partial charge in [-0.1, -0.05) is 76.2 Å². The van der Waals surface area contributed by atoms with Crippen LogP contribution in [-0.4, -0.2) is 136 Å². The number of methoxy groups -OCH3 is 3. The predicted octanol–water partition coefficient (Wildman–Crippen LogP) is 7.37. The van der Waals surface area contributed by atoms with E-state index in [2.05, 4.69) is 9.65 Å². The third-order valence-electron chi connectivity index (χ3n) is 11.0. The molecule has 15 nitrogen and oxygen atoms in total. The Labute approximate surface area is 395 Å². The maximum atomic E-state index is 17.6. The summed E-state index contributed by atoms with van der Waals surface area (Å²) in [5.41, 5.74) is -0.416. The Kier molecular flexibility index (Phi) is 20.4. The third-order valence-corrected chi connectivity index (χ3v) is 15.6. The molecule has 362 valence electrons. The fraction of sp³-hybridized carbons (Fsp3) is 0.532. The maximum absolute atomic E-state index is 17.6. The summed E-state index contributed by atoms with van der Waals surface area (Å²) in [4.78, 5) is 27.7. The summed E-state index contributed by atoms with van der Waals surface area (Å²) in [5, 5.41) is 0. The van der Waals surface area contributed by atoms with Crippen molar-refractivity contribution in [1.29, 1.82) is 0 Å². The lowest BCUT2D eigenvalue weighted by Crippen LogP contribution is -2.44. The number of ether oxygens (including phenoxy) is 8. The van der Waals surface area contributed by atoms with Crippen molar-refractivity contribution in [2.24, 2.45) is 0 Å². The van der Waals surface area contributed by atoms with Gasteiger partial charge in [0.05, 0.1) is 66.6 Å². The van der Waals surface area contributed by atoms with E-state index in [1.165, 1.54) is 6.20 Å². The van der Waals surface area contributed by atoms with Crippen molar-refractivity contribution < 1.29 is 51.3 Å². The van der Waals surface area contributed by atoms with E-state index in [0.29, 0.717) is 62.6 Å². The quantitative estimate of drug-likeness (QED) is 0.0289. The number of nitrogens with one attached hydrogen (secondary N) is 1. The van der Waals surface area contributed by atoms with Gasteiger partial charge in [0.1, 0.15) is 35.4 Å².